The fourth-order valence-corrected chi connectivity index (χ4v) is 1.61. The molecule has 2 N–H and O–H groups in total. The molecule has 1 aromatic carbocycles. The standard InChI is InChI=1S/C9H6ClNO4/c10-7-5-3-1-2-4-6(5)15-9(12)8(7)11(13)14/h1-4,11,13H. The average Bonchev–Trinajstić information content (AvgIpc) is 2.17. The monoisotopic (exact) mass is 227 g/mol. The molecule has 0 amide bonds. The smallest absolute Gasteiger partial charge is 0.403 e. The summed E-state index contributed by atoms with van der Waals surface area (Å²) in [5, 5.41) is 18.4. The van der Waals surface area contributed by atoms with Crippen molar-refractivity contribution in [2.75, 3.05) is 0 Å². The van der Waals surface area contributed by atoms with Gasteiger partial charge in [-0.1, -0.05) is 23.7 Å². The largest absolute Gasteiger partial charge is 0.595 e. The summed E-state index contributed by atoms with van der Waals surface area (Å²) >= 11 is 5.80. The topological polar surface area (TPSA) is 77.9 Å². The second-order valence-electron chi connectivity index (χ2n) is 2.88. The van der Waals surface area contributed by atoms with Crippen LogP contribution in [0.5, 0.6) is 0 Å². The highest BCUT2D eigenvalue weighted by atomic mass is 35.5. The summed E-state index contributed by atoms with van der Waals surface area (Å²) in [5.74, 6) is 0. The first-order valence-electron chi connectivity index (χ1n) is 4.06. The predicted molar refractivity (Wildman–Crippen MR) is 53.3 cm³/mol. The van der Waals surface area contributed by atoms with E-state index in [1.54, 1.807) is 24.3 Å². The Morgan fingerprint density at radius 1 is 1.40 bits per heavy atom. The van der Waals surface area contributed by atoms with Crippen molar-refractivity contribution in [1.29, 1.82) is 0 Å². The number of rotatable bonds is 1. The summed E-state index contributed by atoms with van der Waals surface area (Å²) in [5.41, 5.74) is -1.20. The molecular weight excluding hydrogens is 222 g/mol. The van der Waals surface area contributed by atoms with Crippen molar-refractivity contribution in [3.8, 4) is 0 Å². The van der Waals surface area contributed by atoms with E-state index in [0.717, 1.165) is 0 Å². The summed E-state index contributed by atoms with van der Waals surface area (Å²) in [6.45, 7) is 0. The first-order chi connectivity index (χ1) is 7.11. The Kier molecular flexibility index (Phi) is 2.45. The lowest BCUT2D eigenvalue weighted by atomic mass is 10.2. The van der Waals surface area contributed by atoms with Gasteiger partial charge in [0.05, 0.1) is 0 Å². The van der Waals surface area contributed by atoms with E-state index in [1.165, 1.54) is 0 Å². The van der Waals surface area contributed by atoms with Crippen molar-refractivity contribution in [3.63, 3.8) is 0 Å². The molecule has 1 atom stereocenters. The second kappa shape index (κ2) is 3.63. The molecule has 78 valence electrons. The zero-order chi connectivity index (χ0) is 11.0. The Hall–Kier alpha value is -1.40. The van der Waals surface area contributed by atoms with Crippen LogP contribution in [0.15, 0.2) is 33.5 Å². The quantitative estimate of drug-likeness (QED) is 0.559. The number of nitrogens with one attached hydrogen (secondary N) is 1. The highest BCUT2D eigenvalue weighted by Gasteiger charge is 2.18. The molecule has 5 nitrogen and oxygen atoms in total. The van der Waals surface area contributed by atoms with Gasteiger partial charge >= 0.3 is 5.63 Å². The van der Waals surface area contributed by atoms with Gasteiger partial charge in [-0.2, -0.15) is 5.23 Å². The van der Waals surface area contributed by atoms with Crippen molar-refractivity contribution < 1.29 is 14.9 Å². The molecule has 0 spiro atoms. The summed E-state index contributed by atoms with van der Waals surface area (Å²) in [6, 6.07) is 6.49. The minimum atomic E-state index is -1.39. The van der Waals surface area contributed by atoms with Crippen LogP contribution in [0.3, 0.4) is 0 Å². The maximum Gasteiger partial charge on any atom is 0.403 e. The molecule has 2 rings (SSSR count). The van der Waals surface area contributed by atoms with Gasteiger partial charge < -0.3 is 9.62 Å². The van der Waals surface area contributed by atoms with E-state index in [1.807, 2.05) is 0 Å². The van der Waals surface area contributed by atoms with Gasteiger partial charge in [-0.25, -0.2) is 10.0 Å². The van der Waals surface area contributed by atoms with E-state index >= 15 is 0 Å². The van der Waals surface area contributed by atoms with Crippen LogP contribution in [0.4, 0.5) is 5.69 Å². The lowest BCUT2D eigenvalue weighted by Gasteiger charge is -2.11. The third kappa shape index (κ3) is 1.62. The molecule has 0 aliphatic heterocycles. The zero-order valence-corrected chi connectivity index (χ0v) is 8.12. The fraction of sp³-hybridized carbons (Fsp3) is 0. The molecule has 0 fully saturated rings. The Morgan fingerprint density at radius 3 is 2.73 bits per heavy atom. The second-order valence-corrected chi connectivity index (χ2v) is 3.26. The minimum absolute atomic E-state index is 0.0886. The SMILES string of the molecule is O=c1oc2ccccc2c(Cl)c1[NH+]([O-])O. The molecule has 0 bridgehead atoms. The van der Waals surface area contributed by atoms with Gasteiger partial charge in [0, 0.05) is 5.39 Å². The Balaban J connectivity index is 2.90. The van der Waals surface area contributed by atoms with Crippen molar-refractivity contribution >= 4 is 28.3 Å². The van der Waals surface area contributed by atoms with Crippen LogP contribution in [0.2, 0.25) is 5.02 Å². The molecule has 15 heavy (non-hydrogen) atoms. The summed E-state index contributed by atoms with van der Waals surface area (Å²) in [7, 11) is 0. The van der Waals surface area contributed by atoms with Crippen LogP contribution in [-0.4, -0.2) is 5.21 Å². The summed E-state index contributed by atoms with van der Waals surface area (Å²) in [4.78, 5) is 11.3. The normalized spacial score (nSPS) is 13.0. The minimum Gasteiger partial charge on any atom is -0.595 e. The Morgan fingerprint density at radius 2 is 2.07 bits per heavy atom. The first-order valence-corrected chi connectivity index (χ1v) is 4.43. The molecule has 0 saturated carbocycles. The van der Waals surface area contributed by atoms with Crippen LogP contribution >= 0.6 is 11.6 Å². The zero-order valence-electron chi connectivity index (χ0n) is 7.36. The van der Waals surface area contributed by atoms with Crippen LogP contribution in [0.25, 0.3) is 11.0 Å². The third-order valence-electron chi connectivity index (χ3n) is 1.96. The highest BCUT2D eigenvalue weighted by molar-refractivity contribution is 6.37. The third-order valence-corrected chi connectivity index (χ3v) is 2.36. The molecule has 0 aliphatic carbocycles. The number of fused-ring (bicyclic) bond motifs is 1. The number of hydrogen-bond donors (Lipinski definition) is 2. The highest BCUT2D eigenvalue weighted by Crippen LogP contribution is 2.25. The number of hydrogen-bond acceptors (Lipinski definition) is 4. The molecule has 6 heteroatoms. The van der Waals surface area contributed by atoms with Gasteiger partial charge in [-0.3, -0.25) is 0 Å². The van der Waals surface area contributed by atoms with Crippen molar-refractivity contribution in [1.82, 2.24) is 0 Å². The van der Waals surface area contributed by atoms with Crippen LogP contribution in [0, 0.1) is 5.21 Å². The van der Waals surface area contributed by atoms with Crippen molar-refractivity contribution in [3.05, 3.63) is 44.9 Å². The van der Waals surface area contributed by atoms with Gasteiger partial charge in [-0.15, -0.1) is 0 Å². The number of quaternary nitrogens is 1. The van der Waals surface area contributed by atoms with Gasteiger partial charge in [-0.05, 0) is 12.1 Å². The van der Waals surface area contributed by atoms with Crippen molar-refractivity contribution in [2.24, 2.45) is 0 Å². The first kappa shape index (κ1) is 10.1. The molecule has 0 saturated heterocycles. The van der Waals surface area contributed by atoms with Crippen LogP contribution in [-0.2, 0) is 0 Å². The van der Waals surface area contributed by atoms with Crippen molar-refractivity contribution in [2.45, 2.75) is 0 Å². The maximum absolute atomic E-state index is 11.3. The van der Waals surface area contributed by atoms with E-state index in [9.17, 15) is 10.0 Å². The molecular formula is C9H6ClNO4. The number of para-hydroxylation sites is 1. The summed E-state index contributed by atoms with van der Waals surface area (Å²) in [6.07, 6.45) is 0. The molecule has 2 aromatic rings. The van der Waals surface area contributed by atoms with Gasteiger partial charge in [0.25, 0.3) is 5.69 Å². The molecule has 0 aliphatic rings. The number of benzene rings is 1. The lowest BCUT2D eigenvalue weighted by Crippen LogP contribution is -3.00. The van der Waals surface area contributed by atoms with Crippen LogP contribution in [0.1, 0.15) is 0 Å². The molecule has 0 radical (unpaired) electrons. The summed E-state index contributed by atoms with van der Waals surface area (Å²) < 4.78 is 4.81. The van der Waals surface area contributed by atoms with Gasteiger partial charge in [0.1, 0.15) is 10.6 Å². The number of halogens is 1. The van der Waals surface area contributed by atoms with Gasteiger partial charge in [0.15, 0.2) is 0 Å². The van der Waals surface area contributed by atoms with E-state index in [2.05, 4.69) is 0 Å². The molecule has 1 heterocycles. The fourth-order valence-electron chi connectivity index (χ4n) is 1.29. The van der Waals surface area contributed by atoms with Crippen LogP contribution < -0.4 is 10.9 Å². The van der Waals surface area contributed by atoms with E-state index in [-0.39, 0.29) is 10.6 Å². The maximum atomic E-state index is 11.3. The van der Waals surface area contributed by atoms with E-state index in [0.29, 0.717) is 5.39 Å². The van der Waals surface area contributed by atoms with E-state index in [4.69, 9.17) is 21.2 Å². The molecule has 1 unspecified atom stereocenters. The van der Waals surface area contributed by atoms with E-state index < -0.39 is 16.5 Å². The predicted octanol–water partition coefficient (Wildman–Crippen LogP) is 0.850. The molecule has 1 aromatic heterocycles. The van der Waals surface area contributed by atoms with Gasteiger partial charge in [0.2, 0.25) is 0 Å². The lowest BCUT2D eigenvalue weighted by molar-refractivity contribution is -0.992. The Bertz CT molecular complexity index is 564. The Labute approximate surface area is 88.6 Å². The average molecular weight is 228 g/mol.